The van der Waals surface area contributed by atoms with Gasteiger partial charge in [-0.05, 0) is 49.6 Å². The number of phenols is 1. The maximum absolute atomic E-state index is 9.78. The highest BCUT2D eigenvalue weighted by Crippen LogP contribution is 2.27. The third-order valence-electron chi connectivity index (χ3n) is 3.39. The van der Waals surface area contributed by atoms with Crippen molar-refractivity contribution in [3.63, 3.8) is 0 Å². The van der Waals surface area contributed by atoms with Crippen molar-refractivity contribution in [1.29, 1.82) is 0 Å². The zero-order valence-corrected chi connectivity index (χ0v) is 12.4. The van der Waals surface area contributed by atoms with Gasteiger partial charge in [0.15, 0.2) is 11.5 Å². The fourth-order valence-electron chi connectivity index (χ4n) is 2.49. The molecule has 2 rings (SSSR count). The van der Waals surface area contributed by atoms with E-state index < -0.39 is 0 Å². The van der Waals surface area contributed by atoms with Gasteiger partial charge in [-0.25, -0.2) is 0 Å². The number of ether oxygens (including phenoxy) is 1. The van der Waals surface area contributed by atoms with Gasteiger partial charge in [0.2, 0.25) is 0 Å². The highest BCUT2D eigenvalue weighted by molar-refractivity contribution is 5.58. The van der Waals surface area contributed by atoms with Gasteiger partial charge in [-0.1, -0.05) is 23.8 Å². The number of anilines is 1. The minimum absolute atomic E-state index is 0.171. The third kappa shape index (κ3) is 3.05. The van der Waals surface area contributed by atoms with E-state index in [0.29, 0.717) is 12.3 Å². The Labute approximate surface area is 120 Å². The number of benzene rings is 2. The molecule has 106 valence electrons. The molecule has 0 saturated heterocycles. The first-order valence-corrected chi connectivity index (χ1v) is 6.69. The standard InChI is InChI=1S/C17H21NO2/c1-11-7-12(2)17(13(3)8-11)18-10-14-5-6-16(20-4)15(19)9-14/h5-9,18-19H,10H2,1-4H3. The Morgan fingerprint density at radius 2 is 1.70 bits per heavy atom. The number of aryl methyl sites for hydroxylation is 3. The van der Waals surface area contributed by atoms with E-state index in [9.17, 15) is 5.11 Å². The van der Waals surface area contributed by atoms with Crippen LogP contribution in [0.4, 0.5) is 5.69 Å². The van der Waals surface area contributed by atoms with Crippen LogP contribution in [0.1, 0.15) is 22.3 Å². The Bertz CT molecular complexity index is 597. The molecule has 0 fully saturated rings. The number of hydrogen-bond donors (Lipinski definition) is 2. The highest BCUT2D eigenvalue weighted by atomic mass is 16.5. The van der Waals surface area contributed by atoms with E-state index in [0.717, 1.165) is 11.3 Å². The maximum Gasteiger partial charge on any atom is 0.160 e. The molecule has 0 amide bonds. The van der Waals surface area contributed by atoms with Crippen molar-refractivity contribution >= 4 is 5.69 Å². The third-order valence-corrected chi connectivity index (χ3v) is 3.39. The van der Waals surface area contributed by atoms with E-state index in [1.165, 1.54) is 16.7 Å². The van der Waals surface area contributed by atoms with Crippen molar-refractivity contribution in [2.24, 2.45) is 0 Å². The molecule has 0 aliphatic rings. The lowest BCUT2D eigenvalue weighted by atomic mass is 10.0. The summed E-state index contributed by atoms with van der Waals surface area (Å²) in [7, 11) is 1.55. The molecule has 0 spiro atoms. The van der Waals surface area contributed by atoms with Crippen molar-refractivity contribution in [2.45, 2.75) is 27.3 Å². The van der Waals surface area contributed by atoms with Crippen LogP contribution in [0.25, 0.3) is 0 Å². The summed E-state index contributed by atoms with van der Waals surface area (Å²) in [4.78, 5) is 0. The van der Waals surface area contributed by atoms with Crippen LogP contribution in [0.3, 0.4) is 0 Å². The van der Waals surface area contributed by atoms with E-state index in [1.54, 1.807) is 19.2 Å². The molecule has 0 atom stereocenters. The fraction of sp³-hybridized carbons (Fsp3) is 0.294. The SMILES string of the molecule is COc1ccc(CNc2c(C)cc(C)cc2C)cc1O. The molecular weight excluding hydrogens is 250 g/mol. The topological polar surface area (TPSA) is 41.5 Å². The lowest BCUT2D eigenvalue weighted by Crippen LogP contribution is -2.03. The molecule has 0 saturated carbocycles. The predicted octanol–water partition coefficient (Wildman–Crippen LogP) is 3.94. The summed E-state index contributed by atoms with van der Waals surface area (Å²) in [5, 5.41) is 13.2. The molecule has 20 heavy (non-hydrogen) atoms. The minimum atomic E-state index is 0.171. The van der Waals surface area contributed by atoms with Gasteiger partial charge < -0.3 is 15.2 Å². The fourth-order valence-corrected chi connectivity index (χ4v) is 2.49. The molecule has 0 aromatic heterocycles. The summed E-state index contributed by atoms with van der Waals surface area (Å²) in [6, 6.07) is 9.79. The number of methoxy groups -OCH3 is 1. The molecule has 0 unspecified atom stereocenters. The van der Waals surface area contributed by atoms with E-state index >= 15 is 0 Å². The van der Waals surface area contributed by atoms with Crippen LogP contribution in [0.15, 0.2) is 30.3 Å². The van der Waals surface area contributed by atoms with Crippen LogP contribution in [0.2, 0.25) is 0 Å². The van der Waals surface area contributed by atoms with Gasteiger partial charge >= 0.3 is 0 Å². The summed E-state index contributed by atoms with van der Waals surface area (Å²) in [5.74, 6) is 0.667. The second-order valence-corrected chi connectivity index (χ2v) is 5.13. The quantitative estimate of drug-likeness (QED) is 0.885. The van der Waals surface area contributed by atoms with Crippen LogP contribution < -0.4 is 10.1 Å². The molecule has 0 aliphatic carbocycles. The molecule has 0 radical (unpaired) electrons. The number of hydrogen-bond acceptors (Lipinski definition) is 3. The van der Waals surface area contributed by atoms with Crippen LogP contribution >= 0.6 is 0 Å². The summed E-state index contributed by atoms with van der Waals surface area (Å²) in [5.41, 5.74) is 5.92. The van der Waals surface area contributed by atoms with Gasteiger partial charge in [0.1, 0.15) is 0 Å². The number of nitrogens with one attached hydrogen (secondary N) is 1. The minimum Gasteiger partial charge on any atom is -0.504 e. The number of rotatable bonds is 4. The zero-order chi connectivity index (χ0) is 14.7. The Morgan fingerprint density at radius 3 is 2.25 bits per heavy atom. The summed E-state index contributed by atoms with van der Waals surface area (Å²) >= 11 is 0. The van der Waals surface area contributed by atoms with Gasteiger partial charge in [0.25, 0.3) is 0 Å². The Balaban J connectivity index is 2.15. The van der Waals surface area contributed by atoms with Crippen LogP contribution in [0.5, 0.6) is 11.5 Å². The first-order valence-electron chi connectivity index (χ1n) is 6.69. The van der Waals surface area contributed by atoms with Crippen molar-refractivity contribution in [1.82, 2.24) is 0 Å². The second-order valence-electron chi connectivity index (χ2n) is 5.13. The average Bonchev–Trinajstić information content (AvgIpc) is 2.37. The van der Waals surface area contributed by atoms with Crippen LogP contribution in [-0.2, 0) is 6.54 Å². The maximum atomic E-state index is 9.78. The molecule has 0 heterocycles. The monoisotopic (exact) mass is 271 g/mol. The number of phenolic OH excluding ortho intramolecular Hbond substituents is 1. The smallest absolute Gasteiger partial charge is 0.160 e. The lowest BCUT2D eigenvalue weighted by molar-refractivity contribution is 0.373. The van der Waals surface area contributed by atoms with Crippen molar-refractivity contribution in [3.8, 4) is 11.5 Å². The summed E-state index contributed by atoms with van der Waals surface area (Å²) in [6.45, 7) is 6.98. The van der Waals surface area contributed by atoms with Gasteiger partial charge in [-0.15, -0.1) is 0 Å². The van der Waals surface area contributed by atoms with Crippen LogP contribution in [-0.4, -0.2) is 12.2 Å². The van der Waals surface area contributed by atoms with Gasteiger partial charge in [-0.3, -0.25) is 0 Å². The molecular formula is C17H21NO2. The van der Waals surface area contributed by atoms with Crippen LogP contribution in [0, 0.1) is 20.8 Å². The second kappa shape index (κ2) is 5.87. The molecule has 2 N–H and O–H groups in total. The van der Waals surface area contributed by atoms with Gasteiger partial charge in [0, 0.05) is 12.2 Å². The summed E-state index contributed by atoms with van der Waals surface area (Å²) < 4.78 is 5.04. The molecule has 2 aromatic rings. The average molecular weight is 271 g/mol. The first-order chi connectivity index (χ1) is 9.51. The first kappa shape index (κ1) is 14.3. The van der Waals surface area contributed by atoms with E-state index in [2.05, 4.69) is 38.2 Å². The summed E-state index contributed by atoms with van der Waals surface area (Å²) in [6.07, 6.45) is 0. The largest absolute Gasteiger partial charge is 0.504 e. The Morgan fingerprint density at radius 1 is 1.05 bits per heavy atom. The molecule has 3 heteroatoms. The Kier molecular flexibility index (Phi) is 4.18. The van der Waals surface area contributed by atoms with Crippen molar-refractivity contribution in [2.75, 3.05) is 12.4 Å². The van der Waals surface area contributed by atoms with Gasteiger partial charge in [-0.2, -0.15) is 0 Å². The highest BCUT2D eigenvalue weighted by Gasteiger charge is 2.05. The zero-order valence-electron chi connectivity index (χ0n) is 12.4. The van der Waals surface area contributed by atoms with E-state index in [4.69, 9.17) is 4.74 Å². The van der Waals surface area contributed by atoms with Crippen molar-refractivity contribution < 1.29 is 9.84 Å². The van der Waals surface area contributed by atoms with E-state index in [-0.39, 0.29) is 5.75 Å². The molecule has 2 aromatic carbocycles. The van der Waals surface area contributed by atoms with Gasteiger partial charge in [0.05, 0.1) is 7.11 Å². The van der Waals surface area contributed by atoms with Crippen molar-refractivity contribution in [3.05, 3.63) is 52.6 Å². The predicted molar refractivity (Wildman–Crippen MR) is 82.6 cm³/mol. The normalized spacial score (nSPS) is 10.4. The molecule has 0 aliphatic heterocycles. The van der Waals surface area contributed by atoms with E-state index in [1.807, 2.05) is 6.07 Å². The number of aromatic hydroxyl groups is 1. The molecule has 0 bridgehead atoms. The Hall–Kier alpha value is -2.16. The molecule has 3 nitrogen and oxygen atoms in total. The lowest BCUT2D eigenvalue weighted by Gasteiger charge is -2.14.